The van der Waals surface area contributed by atoms with Gasteiger partial charge in [0.1, 0.15) is 17.3 Å². The number of carbonyl (C=O) groups is 2. The Morgan fingerprint density at radius 1 is 1.35 bits per heavy atom. The van der Waals surface area contributed by atoms with Crippen LogP contribution in [0, 0.1) is 11.8 Å². The van der Waals surface area contributed by atoms with Gasteiger partial charge in [-0.2, -0.15) is 0 Å². The molecule has 1 fully saturated rings. The summed E-state index contributed by atoms with van der Waals surface area (Å²) in [7, 11) is 1.52. The number of fused-ring (bicyclic) bond motifs is 1. The molecule has 0 saturated heterocycles. The first-order valence-corrected chi connectivity index (χ1v) is 9.35. The monoisotopic (exact) mass is 364 g/mol. The van der Waals surface area contributed by atoms with Gasteiger partial charge in [-0.05, 0) is 52.9 Å². The molecule has 5 nitrogen and oxygen atoms in total. The number of esters is 1. The third-order valence-corrected chi connectivity index (χ3v) is 6.00. The maximum Gasteiger partial charge on any atom is 0.331 e. The van der Waals surface area contributed by atoms with E-state index < -0.39 is 23.3 Å². The van der Waals surface area contributed by atoms with Crippen LogP contribution in [0.5, 0.6) is 0 Å². The predicted octanol–water partition coefficient (Wildman–Crippen LogP) is 3.36. The molecule has 26 heavy (non-hydrogen) atoms. The molecule has 0 heterocycles. The largest absolute Gasteiger partial charge is 0.456 e. The average molecular weight is 364 g/mol. The number of allylic oxidation sites excluding steroid dienone is 2. The van der Waals surface area contributed by atoms with Crippen molar-refractivity contribution >= 4 is 11.8 Å². The fourth-order valence-electron chi connectivity index (χ4n) is 4.44. The zero-order valence-electron chi connectivity index (χ0n) is 17.0. The van der Waals surface area contributed by atoms with Gasteiger partial charge >= 0.3 is 5.97 Å². The van der Waals surface area contributed by atoms with Gasteiger partial charge < -0.3 is 14.6 Å². The second-order valence-corrected chi connectivity index (χ2v) is 8.43. The van der Waals surface area contributed by atoms with Crippen LogP contribution in [0.2, 0.25) is 0 Å². The van der Waals surface area contributed by atoms with Crippen LogP contribution in [-0.2, 0) is 19.1 Å². The summed E-state index contributed by atoms with van der Waals surface area (Å²) >= 11 is 0. The molecule has 2 aliphatic carbocycles. The lowest BCUT2D eigenvalue weighted by Gasteiger charge is -2.45. The zero-order valence-corrected chi connectivity index (χ0v) is 17.0. The third kappa shape index (κ3) is 3.27. The summed E-state index contributed by atoms with van der Waals surface area (Å²) < 4.78 is 11.5. The van der Waals surface area contributed by atoms with E-state index >= 15 is 0 Å². The molecule has 0 aromatic heterocycles. The van der Waals surface area contributed by atoms with Crippen LogP contribution in [0.4, 0.5) is 0 Å². The second-order valence-electron chi connectivity index (χ2n) is 8.43. The lowest BCUT2D eigenvalue weighted by atomic mass is 9.75. The molecule has 0 radical (unpaired) electrons. The first-order chi connectivity index (χ1) is 12.0. The van der Waals surface area contributed by atoms with E-state index in [4.69, 9.17) is 9.47 Å². The molecule has 5 heteroatoms. The van der Waals surface area contributed by atoms with Gasteiger partial charge in [-0.15, -0.1) is 0 Å². The van der Waals surface area contributed by atoms with Crippen LogP contribution in [0.3, 0.4) is 0 Å². The lowest BCUT2D eigenvalue weighted by Crippen LogP contribution is -2.60. The van der Waals surface area contributed by atoms with Crippen LogP contribution in [0.15, 0.2) is 22.8 Å². The fourth-order valence-corrected chi connectivity index (χ4v) is 4.44. The molecule has 2 aliphatic rings. The van der Waals surface area contributed by atoms with Gasteiger partial charge in [0.05, 0.1) is 0 Å². The summed E-state index contributed by atoms with van der Waals surface area (Å²) in [5.41, 5.74) is -0.297. The molecule has 0 aliphatic heterocycles. The predicted molar refractivity (Wildman–Crippen MR) is 99.6 cm³/mol. The molecule has 1 saturated carbocycles. The van der Waals surface area contributed by atoms with Gasteiger partial charge in [0.2, 0.25) is 0 Å². The van der Waals surface area contributed by atoms with Gasteiger partial charge in [-0.3, -0.25) is 4.79 Å². The highest BCUT2D eigenvalue weighted by Crippen LogP contribution is 2.52. The van der Waals surface area contributed by atoms with Crippen molar-refractivity contribution in [3.63, 3.8) is 0 Å². The van der Waals surface area contributed by atoms with Crippen LogP contribution in [0.25, 0.3) is 0 Å². The summed E-state index contributed by atoms with van der Waals surface area (Å²) in [6.45, 7) is 11.1. The molecule has 0 aromatic carbocycles. The average Bonchev–Trinajstić information content (AvgIpc) is 2.84. The van der Waals surface area contributed by atoms with E-state index in [0.717, 1.165) is 11.1 Å². The Morgan fingerprint density at radius 2 is 1.96 bits per heavy atom. The summed E-state index contributed by atoms with van der Waals surface area (Å²) in [6, 6.07) is 0. The molecule has 0 aromatic rings. The first kappa shape index (κ1) is 20.8. The highest BCUT2D eigenvalue weighted by Gasteiger charge is 2.63. The van der Waals surface area contributed by atoms with Crippen molar-refractivity contribution in [3.05, 3.63) is 22.8 Å². The Balaban J connectivity index is 2.58. The normalized spacial score (nSPS) is 34.6. The van der Waals surface area contributed by atoms with Gasteiger partial charge in [-0.1, -0.05) is 25.0 Å². The van der Waals surface area contributed by atoms with E-state index in [0.29, 0.717) is 18.4 Å². The van der Waals surface area contributed by atoms with Gasteiger partial charge in [-0.25, -0.2) is 4.79 Å². The Labute approximate surface area is 156 Å². The minimum atomic E-state index is -1.50. The highest BCUT2D eigenvalue weighted by molar-refractivity contribution is 6.01. The summed E-state index contributed by atoms with van der Waals surface area (Å²) in [6.07, 6.45) is 2.05. The maximum atomic E-state index is 13.3. The minimum absolute atomic E-state index is 0.0119. The van der Waals surface area contributed by atoms with Crippen LogP contribution in [0.1, 0.15) is 60.8 Å². The van der Waals surface area contributed by atoms with Crippen LogP contribution in [-0.4, -0.2) is 41.3 Å². The van der Waals surface area contributed by atoms with E-state index in [1.807, 2.05) is 34.6 Å². The lowest BCUT2D eigenvalue weighted by molar-refractivity contribution is -0.201. The molecule has 0 amide bonds. The molecular weight excluding hydrogens is 332 g/mol. The van der Waals surface area contributed by atoms with E-state index in [2.05, 4.69) is 0 Å². The minimum Gasteiger partial charge on any atom is -0.456 e. The van der Waals surface area contributed by atoms with E-state index in [1.165, 1.54) is 13.2 Å². The van der Waals surface area contributed by atoms with E-state index in [9.17, 15) is 14.7 Å². The Hall–Kier alpha value is -1.46. The van der Waals surface area contributed by atoms with Crippen molar-refractivity contribution < 1.29 is 24.2 Å². The molecule has 4 atom stereocenters. The zero-order chi connectivity index (χ0) is 19.9. The number of hydrogen-bond acceptors (Lipinski definition) is 5. The summed E-state index contributed by atoms with van der Waals surface area (Å²) in [4.78, 5) is 25.6. The third-order valence-electron chi connectivity index (χ3n) is 6.00. The van der Waals surface area contributed by atoms with Crippen molar-refractivity contribution in [2.75, 3.05) is 7.11 Å². The molecule has 146 valence electrons. The number of hydrogen-bond donors (Lipinski definition) is 1. The number of methoxy groups -OCH3 is 1. The molecule has 1 N–H and O–H groups in total. The second kappa shape index (κ2) is 7.28. The molecule has 0 spiro atoms. The highest BCUT2D eigenvalue weighted by atomic mass is 16.6. The van der Waals surface area contributed by atoms with Crippen molar-refractivity contribution in [1.82, 2.24) is 0 Å². The van der Waals surface area contributed by atoms with Gasteiger partial charge in [0, 0.05) is 24.7 Å². The number of ether oxygens (including phenoxy) is 2. The number of rotatable bonds is 4. The van der Waals surface area contributed by atoms with Crippen molar-refractivity contribution in [1.29, 1.82) is 0 Å². The van der Waals surface area contributed by atoms with Crippen molar-refractivity contribution in [2.45, 2.75) is 78.1 Å². The molecule has 0 unspecified atom stereocenters. The van der Waals surface area contributed by atoms with Gasteiger partial charge in [0.15, 0.2) is 5.78 Å². The topological polar surface area (TPSA) is 72.8 Å². The number of Topliss-reactive ketones (excluding diaryl/α,β-unsaturated/α-hetero) is 1. The van der Waals surface area contributed by atoms with E-state index in [1.54, 1.807) is 6.92 Å². The summed E-state index contributed by atoms with van der Waals surface area (Å²) in [5, 5.41) is 11.5. The SMILES string of the molecule is CO[C@@]12CCC(C)=C1C(=O)[C@H](C(C)C)C[C@H](OC(=O)C=C(C)C)[C@@]2(C)O. The fraction of sp³-hybridized carbons (Fsp3) is 0.714. The quantitative estimate of drug-likeness (QED) is 0.612. The molecular formula is C21H32O5. The Morgan fingerprint density at radius 3 is 2.46 bits per heavy atom. The smallest absolute Gasteiger partial charge is 0.331 e. The molecule has 2 rings (SSSR count). The standard InChI is InChI=1S/C21H32O5/c1-12(2)10-17(22)26-16-11-15(13(3)4)19(23)18-14(5)8-9-21(18,25-7)20(16,6)24/h10,13,15-16,24H,8-9,11H2,1-7H3/t15-,16-,20+,21-/m0/s1. The maximum absolute atomic E-state index is 13.3. The van der Waals surface area contributed by atoms with Crippen LogP contribution < -0.4 is 0 Å². The van der Waals surface area contributed by atoms with E-state index in [-0.39, 0.29) is 24.0 Å². The molecule has 0 bridgehead atoms. The van der Waals surface area contributed by atoms with Crippen molar-refractivity contribution in [2.24, 2.45) is 11.8 Å². The Kier molecular flexibility index (Phi) is 5.83. The summed E-state index contributed by atoms with van der Waals surface area (Å²) in [5.74, 6) is -0.751. The van der Waals surface area contributed by atoms with Gasteiger partial charge in [0.25, 0.3) is 0 Å². The number of ketones is 1. The Bertz CT molecular complexity index is 651. The number of carbonyl (C=O) groups excluding carboxylic acids is 2. The van der Waals surface area contributed by atoms with Crippen molar-refractivity contribution in [3.8, 4) is 0 Å². The number of aliphatic hydroxyl groups is 1. The van der Waals surface area contributed by atoms with Crippen LogP contribution >= 0.6 is 0 Å². The first-order valence-electron chi connectivity index (χ1n) is 9.35.